The summed E-state index contributed by atoms with van der Waals surface area (Å²) >= 11 is 3.07. The molecule has 32 heavy (non-hydrogen) atoms. The monoisotopic (exact) mass is 470 g/mol. The van der Waals surface area contributed by atoms with Crippen LogP contribution < -0.4 is 4.90 Å². The van der Waals surface area contributed by atoms with Crippen LogP contribution in [0.4, 0.5) is 5.82 Å². The average molecular weight is 471 g/mol. The van der Waals surface area contributed by atoms with Gasteiger partial charge in [0, 0.05) is 18.5 Å². The van der Waals surface area contributed by atoms with Crippen molar-refractivity contribution in [2.24, 2.45) is 0 Å². The van der Waals surface area contributed by atoms with Crippen LogP contribution in [0.2, 0.25) is 0 Å². The van der Waals surface area contributed by atoms with E-state index in [-0.39, 0.29) is 0 Å². The normalized spacial score (nSPS) is 15.4. The molecule has 2 atom stereocenters. The molecule has 0 aliphatic heterocycles. The van der Waals surface area contributed by atoms with Crippen molar-refractivity contribution in [3.05, 3.63) is 29.5 Å². The van der Waals surface area contributed by atoms with Crippen molar-refractivity contribution in [2.75, 3.05) is 24.2 Å². The van der Waals surface area contributed by atoms with E-state index in [0.29, 0.717) is 18.2 Å². The minimum Gasteiger partial charge on any atom is -0.463 e. The first kappa shape index (κ1) is 21.6. The summed E-state index contributed by atoms with van der Waals surface area (Å²) in [6, 6.07) is 3.86. The predicted octanol–water partition coefficient (Wildman–Crippen LogP) is 4.28. The number of hydrogen-bond donors (Lipinski definition) is 2. The van der Waals surface area contributed by atoms with Crippen molar-refractivity contribution in [1.29, 1.82) is 0 Å². The van der Waals surface area contributed by atoms with E-state index in [0.717, 1.165) is 57.0 Å². The highest BCUT2D eigenvalue weighted by atomic mass is 32.2. The Kier molecular flexibility index (Phi) is 5.83. The highest BCUT2D eigenvalue weighted by Crippen LogP contribution is 2.44. The molecule has 4 aromatic rings. The van der Waals surface area contributed by atoms with Gasteiger partial charge < -0.3 is 19.5 Å². The van der Waals surface area contributed by atoms with Crippen molar-refractivity contribution in [2.45, 2.75) is 50.5 Å². The second kappa shape index (κ2) is 8.62. The molecule has 0 saturated heterocycles. The molecule has 0 bridgehead atoms. The number of aryl methyl sites for hydroxylation is 1. The lowest BCUT2D eigenvalue weighted by atomic mass is 10.0. The number of pyridine rings is 1. The number of aliphatic hydroxyl groups is 2. The van der Waals surface area contributed by atoms with Crippen molar-refractivity contribution < 1.29 is 14.6 Å². The Morgan fingerprint density at radius 2 is 1.88 bits per heavy atom. The Morgan fingerprint density at radius 3 is 2.53 bits per heavy atom. The zero-order chi connectivity index (χ0) is 22.4. The van der Waals surface area contributed by atoms with Crippen molar-refractivity contribution >= 4 is 49.3 Å². The van der Waals surface area contributed by atoms with Gasteiger partial charge in [-0.3, -0.25) is 0 Å². The van der Waals surface area contributed by atoms with Crippen LogP contribution in [0.25, 0.3) is 31.9 Å². The Bertz CT molecular complexity index is 1260. The Morgan fingerprint density at radius 1 is 1.12 bits per heavy atom. The van der Waals surface area contributed by atoms with E-state index >= 15 is 0 Å². The van der Waals surface area contributed by atoms with Crippen LogP contribution in [0.3, 0.4) is 0 Å². The molecule has 7 nitrogen and oxygen atoms in total. The third-order valence-electron chi connectivity index (χ3n) is 5.70. The second-order valence-electron chi connectivity index (χ2n) is 8.35. The quantitative estimate of drug-likeness (QED) is 0.305. The van der Waals surface area contributed by atoms with E-state index in [1.54, 1.807) is 31.4 Å². The first-order valence-corrected chi connectivity index (χ1v) is 12.8. The molecule has 0 unspecified atom stereocenters. The Balaban J connectivity index is 1.80. The SMILES string of the molecule is CSc1nc(N(C[C@H](C)O)C[C@H](C)O)c2sc3nc(-c4ccco4)c4c(c3c2n1)CCC4. The van der Waals surface area contributed by atoms with Gasteiger partial charge in [0.2, 0.25) is 0 Å². The number of thiophene rings is 1. The minimum absolute atomic E-state index is 0.377. The Labute approximate surface area is 194 Å². The number of fused-ring (bicyclic) bond motifs is 5. The largest absolute Gasteiger partial charge is 0.463 e. The van der Waals surface area contributed by atoms with Crippen molar-refractivity contribution in [3.8, 4) is 11.5 Å². The lowest BCUT2D eigenvalue weighted by molar-refractivity contribution is 0.178. The molecular weight excluding hydrogens is 444 g/mol. The molecule has 168 valence electrons. The van der Waals surface area contributed by atoms with Crippen LogP contribution in [-0.4, -0.2) is 56.7 Å². The van der Waals surface area contributed by atoms with Crippen LogP contribution in [0.5, 0.6) is 0 Å². The molecule has 0 aromatic carbocycles. The first-order chi connectivity index (χ1) is 15.5. The second-order valence-corrected chi connectivity index (χ2v) is 10.1. The highest BCUT2D eigenvalue weighted by Gasteiger charge is 2.28. The van der Waals surface area contributed by atoms with Gasteiger partial charge in [-0.15, -0.1) is 11.3 Å². The van der Waals surface area contributed by atoms with Crippen LogP contribution in [0, 0.1) is 0 Å². The third-order valence-corrected chi connectivity index (χ3v) is 7.32. The number of thioether (sulfide) groups is 1. The van der Waals surface area contributed by atoms with E-state index in [2.05, 4.69) is 0 Å². The van der Waals surface area contributed by atoms with Gasteiger partial charge in [0.25, 0.3) is 0 Å². The number of nitrogens with zero attached hydrogens (tertiary/aromatic N) is 4. The van der Waals surface area contributed by atoms with E-state index < -0.39 is 12.2 Å². The molecule has 0 spiro atoms. The molecule has 0 radical (unpaired) electrons. The molecule has 0 saturated carbocycles. The molecule has 9 heteroatoms. The summed E-state index contributed by atoms with van der Waals surface area (Å²) in [5, 5.41) is 22.0. The highest BCUT2D eigenvalue weighted by molar-refractivity contribution is 7.98. The zero-order valence-corrected chi connectivity index (χ0v) is 20.0. The topological polar surface area (TPSA) is 95.5 Å². The van der Waals surface area contributed by atoms with E-state index in [1.165, 1.54) is 22.9 Å². The molecule has 0 amide bonds. The summed E-state index contributed by atoms with van der Waals surface area (Å²) in [5.41, 5.74) is 4.40. The molecule has 0 fully saturated rings. The number of hydrogen-bond acceptors (Lipinski definition) is 9. The molecule has 4 heterocycles. The van der Waals surface area contributed by atoms with Crippen molar-refractivity contribution in [3.63, 3.8) is 0 Å². The number of furan rings is 1. The number of anilines is 1. The summed E-state index contributed by atoms with van der Waals surface area (Å²) in [7, 11) is 0. The van der Waals surface area contributed by atoms with Gasteiger partial charge in [0.1, 0.15) is 10.5 Å². The maximum absolute atomic E-state index is 10.1. The van der Waals surface area contributed by atoms with Crippen LogP contribution in [-0.2, 0) is 12.8 Å². The van der Waals surface area contributed by atoms with Gasteiger partial charge in [-0.2, -0.15) is 0 Å². The van der Waals surface area contributed by atoms with Gasteiger partial charge in [-0.05, 0) is 62.6 Å². The zero-order valence-electron chi connectivity index (χ0n) is 18.3. The average Bonchev–Trinajstić information content (AvgIpc) is 3.49. The van der Waals surface area contributed by atoms with Crippen molar-refractivity contribution in [1.82, 2.24) is 15.0 Å². The van der Waals surface area contributed by atoms with Crippen LogP contribution >= 0.6 is 23.1 Å². The van der Waals surface area contributed by atoms with Crippen LogP contribution in [0.15, 0.2) is 28.0 Å². The maximum atomic E-state index is 10.1. The first-order valence-electron chi connectivity index (χ1n) is 10.8. The smallest absolute Gasteiger partial charge is 0.189 e. The molecular formula is C23H26N4O3S2. The molecule has 1 aliphatic rings. The van der Waals surface area contributed by atoms with E-state index in [9.17, 15) is 10.2 Å². The predicted molar refractivity (Wildman–Crippen MR) is 130 cm³/mol. The van der Waals surface area contributed by atoms with Gasteiger partial charge in [-0.25, -0.2) is 15.0 Å². The third kappa shape index (κ3) is 3.77. The molecule has 2 N–H and O–H groups in total. The number of aliphatic hydroxyl groups excluding tert-OH is 2. The summed E-state index contributed by atoms with van der Waals surface area (Å²) in [6.45, 7) is 4.25. The van der Waals surface area contributed by atoms with Crippen LogP contribution in [0.1, 0.15) is 31.4 Å². The number of aromatic nitrogens is 3. The minimum atomic E-state index is -0.557. The lowest BCUT2D eigenvalue weighted by Gasteiger charge is -2.27. The van der Waals surface area contributed by atoms with Gasteiger partial charge in [-0.1, -0.05) is 11.8 Å². The fourth-order valence-corrected chi connectivity index (χ4v) is 6.06. The summed E-state index contributed by atoms with van der Waals surface area (Å²) in [6.07, 6.45) is 5.60. The molecule has 5 rings (SSSR count). The van der Waals surface area contributed by atoms with Gasteiger partial charge >= 0.3 is 0 Å². The molecule has 4 aromatic heterocycles. The van der Waals surface area contributed by atoms with Gasteiger partial charge in [0.05, 0.1) is 28.7 Å². The lowest BCUT2D eigenvalue weighted by Crippen LogP contribution is -2.37. The Hall–Kier alpha value is -2.20. The summed E-state index contributed by atoms with van der Waals surface area (Å²) in [4.78, 5) is 17.6. The van der Waals surface area contributed by atoms with Gasteiger partial charge in [0.15, 0.2) is 16.7 Å². The fraction of sp³-hybridized carbons (Fsp3) is 0.435. The number of rotatable bonds is 7. The standard InChI is InChI=1S/C23H26N4O3S2/c1-12(28)10-27(11-13(2)29)21-20-19(25-23(26-21)31-3)17-14-6-4-7-15(14)18(24-22(17)32-20)16-8-5-9-30-16/h5,8-9,12-13,28-29H,4,6-7,10-11H2,1-3H3/t12-,13-/m0/s1. The van der Waals surface area contributed by atoms with E-state index in [1.807, 2.05) is 23.3 Å². The molecule has 1 aliphatic carbocycles. The maximum Gasteiger partial charge on any atom is 0.189 e. The fourth-order valence-electron chi connectivity index (χ4n) is 4.54. The summed E-state index contributed by atoms with van der Waals surface area (Å²) < 4.78 is 6.64. The summed E-state index contributed by atoms with van der Waals surface area (Å²) in [5.74, 6) is 1.54. The van der Waals surface area contributed by atoms with E-state index in [4.69, 9.17) is 19.4 Å².